The molecular formula is C23H23BrCl2FN5O2S. The fourth-order valence-electron chi connectivity index (χ4n) is 3.26. The van der Waals surface area contributed by atoms with Gasteiger partial charge in [0.15, 0.2) is 11.0 Å². The first kappa shape index (κ1) is 27.4. The maximum absolute atomic E-state index is 14.0. The van der Waals surface area contributed by atoms with Crippen LogP contribution in [0.5, 0.6) is 0 Å². The van der Waals surface area contributed by atoms with Crippen LogP contribution < -0.4 is 10.6 Å². The van der Waals surface area contributed by atoms with Crippen LogP contribution >= 0.6 is 50.9 Å². The molecule has 0 aliphatic carbocycles. The first-order chi connectivity index (χ1) is 16.6. The van der Waals surface area contributed by atoms with Crippen LogP contribution in [-0.2, 0) is 11.3 Å². The van der Waals surface area contributed by atoms with Crippen LogP contribution in [0.15, 0.2) is 46.0 Å². The Balaban J connectivity index is 1.73. The number of nitrogens with zero attached hydrogens (tertiary/aromatic N) is 3. The van der Waals surface area contributed by atoms with Gasteiger partial charge < -0.3 is 15.2 Å². The minimum absolute atomic E-state index is 0.00667. The molecule has 3 rings (SSSR count). The van der Waals surface area contributed by atoms with Crippen LogP contribution in [0, 0.1) is 11.7 Å². The van der Waals surface area contributed by atoms with Crippen molar-refractivity contribution < 1.29 is 14.0 Å². The van der Waals surface area contributed by atoms with E-state index in [1.54, 1.807) is 18.2 Å². The number of hydrogen-bond donors (Lipinski definition) is 2. The number of anilines is 1. The molecule has 0 saturated carbocycles. The summed E-state index contributed by atoms with van der Waals surface area (Å²) in [5.41, 5.74) is 0.399. The van der Waals surface area contributed by atoms with Gasteiger partial charge in [0.1, 0.15) is 5.82 Å². The summed E-state index contributed by atoms with van der Waals surface area (Å²) in [4.78, 5) is 25.3. The van der Waals surface area contributed by atoms with Crippen LogP contribution in [0.4, 0.5) is 10.1 Å². The molecule has 0 saturated heterocycles. The maximum atomic E-state index is 14.0. The quantitative estimate of drug-likeness (QED) is 0.278. The van der Waals surface area contributed by atoms with Gasteiger partial charge in [-0.3, -0.25) is 9.59 Å². The Morgan fingerprint density at radius 1 is 1.17 bits per heavy atom. The lowest BCUT2D eigenvalue weighted by Crippen LogP contribution is -2.34. The van der Waals surface area contributed by atoms with Crippen molar-refractivity contribution >= 4 is 68.4 Å². The number of thioether (sulfide) groups is 1. The average molecular weight is 603 g/mol. The second-order valence-corrected chi connectivity index (χ2v) is 10.6. The smallest absolute Gasteiger partial charge is 0.253 e. The minimum atomic E-state index is -0.534. The summed E-state index contributed by atoms with van der Waals surface area (Å²) in [5.74, 6) is -0.722. The number of nitrogens with one attached hydrogen (secondary N) is 2. The van der Waals surface area contributed by atoms with Crippen LogP contribution in [0.3, 0.4) is 0 Å². The normalized spacial score (nSPS) is 12.0. The molecule has 1 heterocycles. The number of carbonyl (C=O) groups excluding carboxylic acids is 2. The van der Waals surface area contributed by atoms with E-state index < -0.39 is 11.9 Å². The molecule has 0 radical (unpaired) electrons. The molecule has 0 fully saturated rings. The lowest BCUT2D eigenvalue weighted by atomic mass is 10.0. The first-order valence-electron chi connectivity index (χ1n) is 10.7. The number of amides is 2. The van der Waals surface area contributed by atoms with Gasteiger partial charge in [0, 0.05) is 16.0 Å². The molecule has 0 aliphatic heterocycles. The number of hydrogen-bond acceptors (Lipinski definition) is 5. The highest BCUT2D eigenvalue weighted by Gasteiger charge is 2.27. The molecule has 35 heavy (non-hydrogen) atoms. The number of benzene rings is 2. The second kappa shape index (κ2) is 12.2. The van der Waals surface area contributed by atoms with E-state index in [-0.39, 0.29) is 34.2 Å². The molecule has 0 bridgehead atoms. The van der Waals surface area contributed by atoms with Gasteiger partial charge in [0.05, 0.1) is 28.1 Å². The lowest BCUT2D eigenvalue weighted by molar-refractivity contribution is -0.113. The van der Waals surface area contributed by atoms with Gasteiger partial charge in [0.25, 0.3) is 5.91 Å². The molecule has 7 nitrogen and oxygen atoms in total. The third-order valence-corrected chi connectivity index (χ3v) is 7.01. The van der Waals surface area contributed by atoms with Crippen molar-refractivity contribution in [1.82, 2.24) is 20.1 Å². The van der Waals surface area contributed by atoms with E-state index >= 15 is 0 Å². The molecular weight excluding hydrogens is 580 g/mol. The Morgan fingerprint density at radius 3 is 2.54 bits per heavy atom. The molecule has 3 aromatic rings. The molecule has 2 amide bonds. The topological polar surface area (TPSA) is 88.9 Å². The van der Waals surface area contributed by atoms with Gasteiger partial charge in [0.2, 0.25) is 5.91 Å². The van der Waals surface area contributed by atoms with Crippen LogP contribution in [0.1, 0.15) is 43.0 Å². The van der Waals surface area contributed by atoms with E-state index in [1.165, 1.54) is 30.0 Å². The van der Waals surface area contributed by atoms with Crippen molar-refractivity contribution in [2.75, 3.05) is 11.1 Å². The highest BCUT2D eigenvalue weighted by molar-refractivity contribution is 9.10. The summed E-state index contributed by atoms with van der Waals surface area (Å²) >= 11 is 16.5. The van der Waals surface area contributed by atoms with E-state index in [0.717, 1.165) is 0 Å². The monoisotopic (exact) mass is 601 g/mol. The Hall–Kier alpha value is -2.14. The number of aromatic nitrogens is 3. The lowest BCUT2D eigenvalue weighted by Gasteiger charge is -2.22. The Bertz CT molecular complexity index is 1240. The summed E-state index contributed by atoms with van der Waals surface area (Å²) in [5, 5.41) is 15.3. The van der Waals surface area contributed by atoms with Gasteiger partial charge in [-0.15, -0.1) is 10.2 Å². The van der Waals surface area contributed by atoms with Gasteiger partial charge >= 0.3 is 0 Å². The van der Waals surface area contributed by atoms with E-state index in [4.69, 9.17) is 23.2 Å². The molecule has 1 atom stereocenters. The fraction of sp³-hybridized carbons (Fsp3) is 0.304. The number of rotatable bonds is 9. The first-order valence-corrected chi connectivity index (χ1v) is 13.2. The van der Waals surface area contributed by atoms with Crippen molar-refractivity contribution in [3.05, 3.63) is 68.1 Å². The van der Waals surface area contributed by atoms with Gasteiger partial charge in [-0.25, -0.2) is 4.39 Å². The predicted molar refractivity (Wildman–Crippen MR) is 141 cm³/mol. The Labute approximate surface area is 225 Å². The summed E-state index contributed by atoms with van der Waals surface area (Å²) in [7, 11) is 0. The number of halogens is 4. The molecule has 2 aromatic carbocycles. The van der Waals surface area contributed by atoms with Gasteiger partial charge in [-0.1, -0.05) is 64.7 Å². The predicted octanol–water partition coefficient (Wildman–Crippen LogP) is 6.36. The zero-order valence-electron chi connectivity index (χ0n) is 19.1. The van der Waals surface area contributed by atoms with E-state index in [2.05, 4.69) is 36.8 Å². The minimum Gasteiger partial charge on any atom is -0.342 e. The highest BCUT2D eigenvalue weighted by Crippen LogP contribution is 2.27. The standard InChI is InChI=1S/C23H23BrCl2FN5O2S/c1-4-32-21(20(12(2)3)29-22(34)15-7-6-14(25)10-16(15)26)30-31-23(32)35-11-19(33)28-18-8-5-13(24)9-17(18)27/h5-10,12,20H,4,11H2,1-3H3,(H,28,33)(H,29,34). The highest BCUT2D eigenvalue weighted by atomic mass is 79.9. The Morgan fingerprint density at radius 2 is 1.91 bits per heavy atom. The van der Waals surface area contributed by atoms with Crippen molar-refractivity contribution in [2.45, 2.75) is 38.5 Å². The number of carbonyl (C=O) groups is 2. The van der Waals surface area contributed by atoms with Gasteiger partial charge in [-0.2, -0.15) is 0 Å². The molecule has 0 spiro atoms. The molecule has 2 N–H and O–H groups in total. The molecule has 1 aromatic heterocycles. The summed E-state index contributed by atoms with van der Waals surface area (Å²) in [6.07, 6.45) is 0. The molecule has 0 aliphatic rings. The molecule has 1 unspecified atom stereocenters. The van der Waals surface area contributed by atoms with E-state index in [1.807, 2.05) is 25.3 Å². The van der Waals surface area contributed by atoms with Crippen molar-refractivity contribution in [3.63, 3.8) is 0 Å². The van der Waals surface area contributed by atoms with Crippen LogP contribution in [-0.4, -0.2) is 32.3 Å². The SMILES string of the molecule is CCn1c(SCC(=O)Nc2ccc(Br)cc2F)nnc1C(NC(=O)c1ccc(Cl)cc1Cl)C(C)C. The van der Waals surface area contributed by atoms with Crippen LogP contribution in [0.25, 0.3) is 0 Å². The van der Waals surface area contributed by atoms with Gasteiger partial charge in [-0.05, 0) is 49.2 Å². The van der Waals surface area contributed by atoms with E-state index in [9.17, 15) is 14.0 Å². The van der Waals surface area contributed by atoms with Crippen molar-refractivity contribution in [3.8, 4) is 0 Å². The average Bonchev–Trinajstić information content (AvgIpc) is 3.20. The van der Waals surface area contributed by atoms with Crippen LogP contribution in [0.2, 0.25) is 10.0 Å². The molecule has 12 heteroatoms. The van der Waals surface area contributed by atoms with E-state index in [0.29, 0.717) is 32.6 Å². The fourth-order valence-corrected chi connectivity index (χ4v) is 4.90. The Kier molecular flexibility index (Phi) is 9.57. The van der Waals surface area contributed by atoms with Crippen molar-refractivity contribution in [2.24, 2.45) is 5.92 Å². The summed E-state index contributed by atoms with van der Waals surface area (Å²) < 4.78 is 16.4. The third-order valence-electron chi connectivity index (χ3n) is 5.01. The largest absolute Gasteiger partial charge is 0.342 e. The van der Waals surface area contributed by atoms with Crippen molar-refractivity contribution in [1.29, 1.82) is 0 Å². The zero-order valence-corrected chi connectivity index (χ0v) is 23.0. The second-order valence-electron chi connectivity index (χ2n) is 7.87. The summed E-state index contributed by atoms with van der Waals surface area (Å²) in [6.45, 7) is 6.35. The summed E-state index contributed by atoms with van der Waals surface area (Å²) in [6, 6.07) is 8.62. The maximum Gasteiger partial charge on any atom is 0.253 e. The zero-order chi connectivity index (χ0) is 25.7. The third kappa shape index (κ3) is 6.97. The molecule has 186 valence electrons.